The molecule has 0 bridgehead atoms. The number of hydrogen-bond donors (Lipinski definition) is 1. The van der Waals surface area contributed by atoms with Crippen LogP contribution in [0.5, 0.6) is 0 Å². The third-order valence-corrected chi connectivity index (χ3v) is 3.47. The van der Waals surface area contributed by atoms with Gasteiger partial charge in [0.05, 0.1) is 0 Å². The molecule has 1 rings (SSSR count). The molecule has 1 unspecified atom stereocenters. The fourth-order valence-corrected chi connectivity index (χ4v) is 2.12. The van der Waals surface area contributed by atoms with Crippen LogP contribution in [0.15, 0.2) is 17.5 Å². The van der Waals surface area contributed by atoms with E-state index in [1.807, 2.05) is 11.3 Å². The molecule has 0 aliphatic rings. The van der Waals surface area contributed by atoms with Crippen LogP contribution < -0.4 is 5.32 Å². The Hall–Kier alpha value is -0.340. The standard InChI is InChI=1S/C12H21NS/c1-3-11(2)13-9-5-4-7-12-8-6-10-14-12/h6,8,10-11,13H,3-5,7,9H2,1-2H3. The van der Waals surface area contributed by atoms with Gasteiger partial charge in [-0.1, -0.05) is 13.0 Å². The second-order valence-electron chi connectivity index (χ2n) is 3.80. The molecule has 2 heteroatoms. The summed E-state index contributed by atoms with van der Waals surface area (Å²) >= 11 is 1.87. The molecule has 1 nitrogen and oxygen atoms in total. The van der Waals surface area contributed by atoms with E-state index >= 15 is 0 Å². The lowest BCUT2D eigenvalue weighted by Crippen LogP contribution is -2.26. The van der Waals surface area contributed by atoms with Gasteiger partial charge in [-0.25, -0.2) is 0 Å². The quantitative estimate of drug-likeness (QED) is 0.681. The van der Waals surface area contributed by atoms with Gasteiger partial charge in [0.1, 0.15) is 0 Å². The average Bonchev–Trinajstić information content (AvgIpc) is 2.69. The zero-order valence-corrected chi connectivity index (χ0v) is 10.1. The Kier molecular flexibility index (Phi) is 5.88. The smallest absolute Gasteiger partial charge is 0.00452 e. The Morgan fingerprint density at radius 2 is 2.29 bits per heavy atom. The van der Waals surface area contributed by atoms with Crippen molar-refractivity contribution in [3.05, 3.63) is 22.4 Å². The van der Waals surface area contributed by atoms with E-state index in [1.54, 1.807) is 0 Å². The molecule has 1 aromatic heterocycles. The van der Waals surface area contributed by atoms with Crippen molar-refractivity contribution in [2.75, 3.05) is 6.54 Å². The second kappa shape index (κ2) is 7.02. The third kappa shape index (κ3) is 4.77. The van der Waals surface area contributed by atoms with Crippen molar-refractivity contribution < 1.29 is 0 Å². The molecule has 0 radical (unpaired) electrons. The number of nitrogens with one attached hydrogen (secondary N) is 1. The van der Waals surface area contributed by atoms with Crippen molar-refractivity contribution in [1.82, 2.24) is 5.32 Å². The average molecular weight is 211 g/mol. The third-order valence-electron chi connectivity index (χ3n) is 2.54. The lowest BCUT2D eigenvalue weighted by atomic mass is 10.2. The zero-order chi connectivity index (χ0) is 10.2. The maximum Gasteiger partial charge on any atom is 0.00452 e. The van der Waals surface area contributed by atoms with Gasteiger partial charge in [-0.3, -0.25) is 0 Å². The van der Waals surface area contributed by atoms with Gasteiger partial charge < -0.3 is 5.32 Å². The van der Waals surface area contributed by atoms with E-state index < -0.39 is 0 Å². The molecule has 0 saturated carbocycles. The van der Waals surface area contributed by atoms with Crippen molar-refractivity contribution >= 4 is 11.3 Å². The first-order valence-corrected chi connectivity index (χ1v) is 6.46. The van der Waals surface area contributed by atoms with E-state index in [4.69, 9.17) is 0 Å². The van der Waals surface area contributed by atoms with Crippen molar-refractivity contribution in [3.63, 3.8) is 0 Å². The summed E-state index contributed by atoms with van der Waals surface area (Å²) in [7, 11) is 0. The molecule has 1 heterocycles. The Bertz CT molecular complexity index is 218. The van der Waals surface area contributed by atoms with Gasteiger partial charge in [-0.15, -0.1) is 11.3 Å². The summed E-state index contributed by atoms with van der Waals surface area (Å²) in [6.45, 7) is 5.64. The van der Waals surface area contributed by atoms with E-state index in [9.17, 15) is 0 Å². The highest BCUT2D eigenvalue weighted by molar-refractivity contribution is 7.09. The number of hydrogen-bond acceptors (Lipinski definition) is 2. The van der Waals surface area contributed by atoms with E-state index in [0.717, 1.165) is 0 Å². The van der Waals surface area contributed by atoms with Gasteiger partial charge in [-0.05, 0) is 50.6 Å². The largest absolute Gasteiger partial charge is 0.314 e. The Morgan fingerprint density at radius 3 is 2.93 bits per heavy atom. The van der Waals surface area contributed by atoms with Gasteiger partial charge in [-0.2, -0.15) is 0 Å². The first-order chi connectivity index (χ1) is 6.83. The van der Waals surface area contributed by atoms with Crippen LogP contribution in [-0.2, 0) is 6.42 Å². The molecule has 14 heavy (non-hydrogen) atoms. The van der Waals surface area contributed by atoms with E-state index in [0.29, 0.717) is 6.04 Å². The van der Waals surface area contributed by atoms with Crippen molar-refractivity contribution in [1.29, 1.82) is 0 Å². The fourth-order valence-electron chi connectivity index (χ4n) is 1.37. The SMILES string of the molecule is CCC(C)NCCCCc1cccs1. The van der Waals surface area contributed by atoms with Crippen LogP contribution in [0.25, 0.3) is 0 Å². The van der Waals surface area contributed by atoms with Gasteiger partial charge in [0.2, 0.25) is 0 Å². The highest BCUT2D eigenvalue weighted by Gasteiger charge is 1.97. The predicted molar refractivity (Wildman–Crippen MR) is 65.0 cm³/mol. The molecule has 1 atom stereocenters. The molecule has 1 aromatic rings. The molecular formula is C12H21NS. The van der Waals surface area contributed by atoms with Crippen LogP contribution in [-0.4, -0.2) is 12.6 Å². The molecule has 0 amide bonds. The molecule has 0 aromatic carbocycles. The van der Waals surface area contributed by atoms with Crippen LogP contribution in [0.1, 0.15) is 38.0 Å². The maximum absolute atomic E-state index is 3.52. The lowest BCUT2D eigenvalue weighted by molar-refractivity contribution is 0.516. The first kappa shape index (κ1) is 11.7. The number of thiophene rings is 1. The van der Waals surface area contributed by atoms with E-state index in [2.05, 4.69) is 36.7 Å². The number of aryl methyl sites for hydroxylation is 1. The molecule has 0 spiro atoms. The first-order valence-electron chi connectivity index (χ1n) is 5.58. The molecule has 0 aliphatic carbocycles. The fraction of sp³-hybridized carbons (Fsp3) is 0.667. The summed E-state index contributed by atoms with van der Waals surface area (Å²) in [6, 6.07) is 5.04. The molecular weight excluding hydrogens is 190 g/mol. The second-order valence-corrected chi connectivity index (χ2v) is 4.83. The predicted octanol–water partition coefficient (Wildman–Crippen LogP) is 3.46. The number of rotatable bonds is 7. The Labute approximate surface area is 91.5 Å². The minimum absolute atomic E-state index is 0.678. The van der Waals surface area contributed by atoms with Crippen LogP contribution >= 0.6 is 11.3 Å². The van der Waals surface area contributed by atoms with Crippen LogP contribution in [0, 0.1) is 0 Å². The van der Waals surface area contributed by atoms with Crippen LogP contribution in [0.3, 0.4) is 0 Å². The van der Waals surface area contributed by atoms with Gasteiger partial charge in [0.25, 0.3) is 0 Å². The van der Waals surface area contributed by atoms with E-state index in [1.165, 1.54) is 37.1 Å². The van der Waals surface area contributed by atoms with Gasteiger partial charge in [0, 0.05) is 10.9 Å². The molecule has 0 fully saturated rings. The Balaban J connectivity index is 1.95. The minimum Gasteiger partial charge on any atom is -0.314 e. The Morgan fingerprint density at radius 1 is 1.43 bits per heavy atom. The summed E-state index contributed by atoms with van der Waals surface area (Å²) in [6.07, 6.45) is 5.08. The highest BCUT2D eigenvalue weighted by atomic mass is 32.1. The summed E-state index contributed by atoms with van der Waals surface area (Å²) in [5.41, 5.74) is 0. The summed E-state index contributed by atoms with van der Waals surface area (Å²) in [5.74, 6) is 0. The van der Waals surface area contributed by atoms with Gasteiger partial charge in [0.15, 0.2) is 0 Å². The van der Waals surface area contributed by atoms with Crippen molar-refractivity contribution in [3.8, 4) is 0 Å². The zero-order valence-electron chi connectivity index (χ0n) is 9.25. The van der Waals surface area contributed by atoms with Crippen molar-refractivity contribution in [2.45, 2.75) is 45.6 Å². The molecule has 0 saturated heterocycles. The van der Waals surface area contributed by atoms with Gasteiger partial charge >= 0.3 is 0 Å². The maximum atomic E-state index is 3.52. The molecule has 0 aliphatic heterocycles. The summed E-state index contributed by atoms with van der Waals surface area (Å²) in [4.78, 5) is 1.52. The van der Waals surface area contributed by atoms with Crippen LogP contribution in [0.4, 0.5) is 0 Å². The summed E-state index contributed by atoms with van der Waals surface area (Å²) in [5, 5.41) is 5.68. The normalized spacial score (nSPS) is 13.0. The number of unbranched alkanes of at least 4 members (excludes halogenated alkanes) is 1. The van der Waals surface area contributed by atoms with E-state index in [-0.39, 0.29) is 0 Å². The van der Waals surface area contributed by atoms with Crippen LogP contribution in [0.2, 0.25) is 0 Å². The monoisotopic (exact) mass is 211 g/mol. The topological polar surface area (TPSA) is 12.0 Å². The lowest BCUT2D eigenvalue weighted by Gasteiger charge is -2.10. The molecule has 80 valence electrons. The molecule has 1 N–H and O–H groups in total. The van der Waals surface area contributed by atoms with Crippen molar-refractivity contribution in [2.24, 2.45) is 0 Å². The highest BCUT2D eigenvalue weighted by Crippen LogP contribution is 2.11. The summed E-state index contributed by atoms with van der Waals surface area (Å²) < 4.78 is 0. The minimum atomic E-state index is 0.678.